The van der Waals surface area contributed by atoms with Crippen LogP contribution in [0.2, 0.25) is 0 Å². The predicted molar refractivity (Wildman–Crippen MR) is 125 cm³/mol. The van der Waals surface area contributed by atoms with Gasteiger partial charge in [0.15, 0.2) is 0 Å². The lowest BCUT2D eigenvalue weighted by atomic mass is 10.0. The number of benzene rings is 1. The maximum Gasteiger partial charge on any atom is 0.266 e. The molecule has 2 N–H and O–H groups in total. The van der Waals surface area contributed by atoms with Gasteiger partial charge >= 0.3 is 0 Å². The summed E-state index contributed by atoms with van der Waals surface area (Å²) in [7, 11) is 1.97. The van der Waals surface area contributed by atoms with Crippen molar-refractivity contribution in [3.8, 4) is 0 Å². The van der Waals surface area contributed by atoms with Crippen molar-refractivity contribution in [1.82, 2.24) is 14.8 Å². The van der Waals surface area contributed by atoms with Crippen LogP contribution in [-0.2, 0) is 5.54 Å². The molecule has 2 atom stereocenters. The van der Waals surface area contributed by atoms with Crippen LogP contribution in [0.4, 0.5) is 27.6 Å². The largest absolute Gasteiger partial charge is 0.383 e. The van der Waals surface area contributed by atoms with E-state index >= 15 is 0 Å². The van der Waals surface area contributed by atoms with Crippen molar-refractivity contribution in [1.29, 1.82) is 0 Å². The van der Waals surface area contributed by atoms with Gasteiger partial charge in [0.2, 0.25) is 0 Å². The fourth-order valence-electron chi connectivity index (χ4n) is 4.79. The SMILES string of the molecule is CC(NC(=O)c1cn(C2(C(F)F)CC2)c(=O)cc1NC[C@H]1CCCN1C)c1cccc(C(F)F)c1F. The Morgan fingerprint density at radius 1 is 1.19 bits per heavy atom. The second-order valence-corrected chi connectivity index (χ2v) is 9.62. The Morgan fingerprint density at radius 3 is 2.47 bits per heavy atom. The summed E-state index contributed by atoms with van der Waals surface area (Å²) in [5.41, 5.74) is -3.11. The molecule has 4 rings (SSSR count). The van der Waals surface area contributed by atoms with Gasteiger partial charge in [-0.15, -0.1) is 0 Å². The lowest BCUT2D eigenvalue weighted by Gasteiger charge is -2.24. The van der Waals surface area contributed by atoms with Crippen LogP contribution < -0.4 is 16.2 Å². The summed E-state index contributed by atoms with van der Waals surface area (Å²) >= 11 is 0. The molecular formula is C25H29F5N4O2. The van der Waals surface area contributed by atoms with E-state index in [1.54, 1.807) is 0 Å². The predicted octanol–water partition coefficient (Wildman–Crippen LogP) is 4.68. The molecule has 6 nitrogen and oxygen atoms in total. The van der Waals surface area contributed by atoms with Crippen LogP contribution in [0.3, 0.4) is 0 Å². The summed E-state index contributed by atoms with van der Waals surface area (Å²) in [6.07, 6.45) is -2.55. The summed E-state index contributed by atoms with van der Waals surface area (Å²) in [5, 5.41) is 5.67. The average Bonchev–Trinajstić information content (AvgIpc) is 3.53. The van der Waals surface area contributed by atoms with Crippen molar-refractivity contribution in [2.24, 2.45) is 0 Å². The summed E-state index contributed by atoms with van der Waals surface area (Å²) < 4.78 is 69.3. The molecule has 36 heavy (non-hydrogen) atoms. The minimum absolute atomic E-state index is 0.0561. The number of nitrogens with zero attached hydrogens (tertiary/aromatic N) is 2. The Labute approximate surface area is 205 Å². The minimum Gasteiger partial charge on any atom is -0.383 e. The van der Waals surface area contributed by atoms with E-state index < -0.39 is 47.3 Å². The van der Waals surface area contributed by atoms with Crippen LogP contribution in [0.15, 0.2) is 35.3 Å². The van der Waals surface area contributed by atoms with Gasteiger partial charge < -0.3 is 20.1 Å². The average molecular weight is 513 g/mol. The van der Waals surface area contributed by atoms with E-state index in [-0.39, 0.29) is 35.7 Å². The summed E-state index contributed by atoms with van der Waals surface area (Å²) in [5.74, 6) is -1.87. The number of rotatable bonds is 9. The number of halogens is 5. The Morgan fingerprint density at radius 2 is 1.89 bits per heavy atom. The van der Waals surface area contributed by atoms with Gasteiger partial charge in [-0.3, -0.25) is 9.59 Å². The van der Waals surface area contributed by atoms with Crippen molar-refractivity contribution >= 4 is 11.6 Å². The third-order valence-electron chi connectivity index (χ3n) is 7.25. The van der Waals surface area contributed by atoms with E-state index in [0.717, 1.165) is 42.3 Å². The topological polar surface area (TPSA) is 66.4 Å². The van der Waals surface area contributed by atoms with Crippen LogP contribution in [0.1, 0.15) is 66.6 Å². The maximum absolute atomic E-state index is 14.6. The van der Waals surface area contributed by atoms with Gasteiger partial charge in [-0.1, -0.05) is 18.2 Å². The van der Waals surface area contributed by atoms with Gasteiger partial charge in [0, 0.05) is 30.4 Å². The molecule has 2 heterocycles. The van der Waals surface area contributed by atoms with E-state index in [9.17, 15) is 31.5 Å². The van der Waals surface area contributed by atoms with Crippen molar-refractivity contribution in [2.75, 3.05) is 25.5 Å². The smallest absolute Gasteiger partial charge is 0.266 e. The quantitative estimate of drug-likeness (QED) is 0.479. The number of alkyl halides is 4. The molecule has 1 saturated carbocycles. The summed E-state index contributed by atoms with van der Waals surface area (Å²) in [4.78, 5) is 28.2. The Kier molecular flexibility index (Phi) is 7.40. The van der Waals surface area contributed by atoms with E-state index in [0.29, 0.717) is 6.54 Å². The van der Waals surface area contributed by atoms with Crippen LogP contribution in [0, 0.1) is 5.82 Å². The number of hydrogen-bond acceptors (Lipinski definition) is 4. The number of carbonyl (C=O) groups excluding carboxylic acids is 1. The molecule has 0 spiro atoms. The van der Waals surface area contributed by atoms with Gasteiger partial charge in [0.05, 0.1) is 22.9 Å². The van der Waals surface area contributed by atoms with Gasteiger partial charge in [-0.25, -0.2) is 22.0 Å². The minimum atomic E-state index is -3.02. The number of nitrogens with one attached hydrogen (secondary N) is 2. The molecule has 1 aromatic heterocycles. The Balaban J connectivity index is 1.65. The highest BCUT2D eigenvalue weighted by Gasteiger charge is 2.53. The molecule has 1 aliphatic carbocycles. The molecule has 1 saturated heterocycles. The number of aromatic nitrogens is 1. The number of anilines is 1. The van der Waals surface area contributed by atoms with E-state index in [1.165, 1.54) is 19.1 Å². The number of likely N-dealkylation sites (N-methyl/N-ethyl adjacent to an activating group) is 1. The van der Waals surface area contributed by atoms with E-state index in [2.05, 4.69) is 15.5 Å². The zero-order chi connectivity index (χ0) is 26.2. The second kappa shape index (κ2) is 10.2. The molecule has 1 amide bonds. The van der Waals surface area contributed by atoms with Crippen LogP contribution in [0.25, 0.3) is 0 Å². The molecule has 1 aromatic carbocycles. The lowest BCUT2D eigenvalue weighted by molar-refractivity contribution is 0.0648. The highest BCUT2D eigenvalue weighted by atomic mass is 19.3. The van der Waals surface area contributed by atoms with Crippen LogP contribution in [-0.4, -0.2) is 48.0 Å². The number of amides is 1. The standard InChI is InChI=1S/C25H29F5N4O2/c1-14(16-6-3-7-17(21(16)26)22(27)28)32-23(36)18-13-34(25(8-9-25)24(29)30)20(35)11-19(18)31-12-15-5-4-10-33(15)2/h3,6-7,11,13-15,22,24,31H,4-5,8-10,12H2,1-2H3,(H,32,36)/t14?,15-/m1/s1. The van der Waals surface area contributed by atoms with Crippen molar-refractivity contribution in [2.45, 2.75) is 63.1 Å². The Hall–Kier alpha value is -2.95. The first kappa shape index (κ1) is 26.1. The first-order valence-corrected chi connectivity index (χ1v) is 11.9. The molecule has 1 unspecified atom stereocenters. The maximum atomic E-state index is 14.6. The van der Waals surface area contributed by atoms with Crippen LogP contribution >= 0.6 is 0 Å². The molecule has 2 aliphatic rings. The van der Waals surface area contributed by atoms with Gasteiger partial charge in [0.1, 0.15) is 11.4 Å². The van der Waals surface area contributed by atoms with E-state index in [4.69, 9.17) is 0 Å². The molecule has 2 aromatic rings. The van der Waals surface area contributed by atoms with Gasteiger partial charge in [-0.05, 0) is 46.2 Å². The van der Waals surface area contributed by atoms with Crippen molar-refractivity contribution in [3.05, 3.63) is 63.3 Å². The molecule has 0 bridgehead atoms. The summed E-state index contributed by atoms with van der Waals surface area (Å²) in [6.45, 7) is 2.78. The molecule has 1 aliphatic heterocycles. The highest BCUT2D eigenvalue weighted by molar-refractivity contribution is 5.99. The molecule has 11 heteroatoms. The second-order valence-electron chi connectivity index (χ2n) is 9.62. The van der Waals surface area contributed by atoms with Crippen molar-refractivity contribution < 1.29 is 26.7 Å². The fourth-order valence-corrected chi connectivity index (χ4v) is 4.79. The highest BCUT2D eigenvalue weighted by Crippen LogP contribution is 2.48. The summed E-state index contributed by atoms with van der Waals surface area (Å²) in [6, 6.07) is 3.83. The zero-order valence-corrected chi connectivity index (χ0v) is 20.0. The van der Waals surface area contributed by atoms with Gasteiger partial charge in [-0.2, -0.15) is 0 Å². The number of likely N-dealkylation sites (tertiary alicyclic amines) is 1. The first-order chi connectivity index (χ1) is 17.0. The Bertz CT molecular complexity index is 1180. The third-order valence-corrected chi connectivity index (χ3v) is 7.25. The number of pyridine rings is 1. The lowest BCUT2D eigenvalue weighted by Crippen LogP contribution is -2.38. The molecule has 0 radical (unpaired) electrons. The monoisotopic (exact) mass is 512 g/mol. The normalized spacial score (nSPS) is 20.1. The molecule has 196 valence electrons. The zero-order valence-electron chi connectivity index (χ0n) is 20.0. The number of hydrogen-bond donors (Lipinski definition) is 2. The fraction of sp³-hybridized carbons (Fsp3) is 0.520. The molecule has 2 fully saturated rings. The number of carbonyl (C=O) groups is 1. The first-order valence-electron chi connectivity index (χ1n) is 11.9. The van der Waals surface area contributed by atoms with Gasteiger partial charge in [0.25, 0.3) is 24.3 Å². The third kappa shape index (κ3) is 4.98. The molecular weight excluding hydrogens is 483 g/mol. The van der Waals surface area contributed by atoms with Crippen molar-refractivity contribution in [3.63, 3.8) is 0 Å². The van der Waals surface area contributed by atoms with Crippen LogP contribution in [0.5, 0.6) is 0 Å². The van der Waals surface area contributed by atoms with E-state index in [1.807, 2.05) is 7.05 Å².